The molecule has 0 unspecified atom stereocenters. The van der Waals surface area contributed by atoms with Crippen LogP contribution in [-0.4, -0.2) is 32.4 Å². The first-order valence-corrected chi connectivity index (χ1v) is 10.7. The molecule has 0 radical (unpaired) electrons. The van der Waals surface area contributed by atoms with E-state index in [2.05, 4.69) is 10.1 Å². The minimum Gasteiger partial charge on any atom is -0.285 e. The van der Waals surface area contributed by atoms with Crippen LogP contribution in [0.4, 0.5) is 5.69 Å². The van der Waals surface area contributed by atoms with Gasteiger partial charge in [0, 0.05) is 23.7 Å². The van der Waals surface area contributed by atoms with Crippen molar-refractivity contribution < 1.29 is 13.2 Å². The Hall–Kier alpha value is -2.09. The maximum absolute atomic E-state index is 12.8. The van der Waals surface area contributed by atoms with Crippen molar-refractivity contribution in [3.63, 3.8) is 0 Å². The number of benzene rings is 2. The first kappa shape index (κ1) is 19.7. The number of amides is 1. The van der Waals surface area contributed by atoms with Crippen LogP contribution in [0.5, 0.6) is 0 Å². The SMILES string of the molecule is Cc1ccc(C(=O)NN2CCCCC2)cc1S(=O)(=O)Nc1cccc(Cl)c1. The van der Waals surface area contributed by atoms with E-state index in [4.69, 9.17) is 11.6 Å². The van der Waals surface area contributed by atoms with E-state index < -0.39 is 10.0 Å². The molecule has 0 bridgehead atoms. The third kappa shape index (κ3) is 5.00. The van der Waals surface area contributed by atoms with Crippen molar-refractivity contribution in [3.8, 4) is 0 Å². The highest BCUT2D eigenvalue weighted by Gasteiger charge is 2.21. The molecule has 2 aromatic carbocycles. The summed E-state index contributed by atoms with van der Waals surface area (Å²) < 4.78 is 28.1. The van der Waals surface area contributed by atoms with Gasteiger partial charge in [-0.05, 0) is 55.7 Å². The Bertz CT molecular complexity index is 941. The van der Waals surface area contributed by atoms with Crippen LogP contribution in [0.25, 0.3) is 0 Å². The van der Waals surface area contributed by atoms with E-state index in [1.54, 1.807) is 37.3 Å². The molecule has 0 aliphatic carbocycles. The van der Waals surface area contributed by atoms with Crippen molar-refractivity contribution in [3.05, 3.63) is 58.6 Å². The van der Waals surface area contributed by atoms with Gasteiger partial charge < -0.3 is 0 Å². The molecule has 3 rings (SSSR count). The van der Waals surface area contributed by atoms with Crippen LogP contribution in [0.2, 0.25) is 5.02 Å². The zero-order valence-electron chi connectivity index (χ0n) is 15.0. The normalized spacial score (nSPS) is 15.3. The van der Waals surface area contributed by atoms with Crippen LogP contribution in [0.3, 0.4) is 0 Å². The monoisotopic (exact) mass is 407 g/mol. The second-order valence-corrected chi connectivity index (χ2v) is 8.67. The van der Waals surface area contributed by atoms with E-state index in [1.807, 2.05) is 5.01 Å². The summed E-state index contributed by atoms with van der Waals surface area (Å²) in [5.74, 6) is -0.309. The number of hydrazine groups is 1. The van der Waals surface area contributed by atoms with E-state index in [-0.39, 0.29) is 10.8 Å². The molecular formula is C19H22ClN3O3S. The fourth-order valence-electron chi connectivity index (χ4n) is 3.01. The van der Waals surface area contributed by atoms with E-state index in [1.165, 1.54) is 12.1 Å². The molecule has 1 fully saturated rings. The number of rotatable bonds is 5. The lowest BCUT2D eigenvalue weighted by Crippen LogP contribution is -2.45. The van der Waals surface area contributed by atoms with Gasteiger partial charge >= 0.3 is 0 Å². The molecule has 0 saturated carbocycles. The second kappa shape index (κ2) is 8.29. The molecule has 144 valence electrons. The first-order valence-electron chi connectivity index (χ1n) is 8.80. The number of carbonyl (C=O) groups excluding carboxylic acids is 1. The number of aryl methyl sites for hydroxylation is 1. The van der Waals surface area contributed by atoms with E-state index in [0.29, 0.717) is 21.8 Å². The van der Waals surface area contributed by atoms with Crippen LogP contribution < -0.4 is 10.1 Å². The second-order valence-electron chi connectivity index (χ2n) is 6.58. The van der Waals surface area contributed by atoms with Gasteiger partial charge in [0.1, 0.15) is 0 Å². The van der Waals surface area contributed by atoms with Crippen molar-refractivity contribution in [1.82, 2.24) is 10.4 Å². The quantitative estimate of drug-likeness (QED) is 0.794. The lowest BCUT2D eigenvalue weighted by Gasteiger charge is -2.26. The van der Waals surface area contributed by atoms with Gasteiger partial charge in [-0.15, -0.1) is 0 Å². The third-order valence-electron chi connectivity index (χ3n) is 4.43. The Morgan fingerprint density at radius 1 is 1.07 bits per heavy atom. The Balaban J connectivity index is 1.82. The largest absolute Gasteiger partial charge is 0.285 e. The summed E-state index contributed by atoms with van der Waals surface area (Å²) in [4.78, 5) is 12.6. The average Bonchev–Trinajstić information content (AvgIpc) is 2.62. The summed E-state index contributed by atoms with van der Waals surface area (Å²) in [5.41, 5.74) is 4.08. The van der Waals surface area contributed by atoms with E-state index >= 15 is 0 Å². The summed E-state index contributed by atoms with van der Waals surface area (Å²) in [6, 6.07) is 11.1. The molecule has 0 atom stereocenters. The molecule has 27 heavy (non-hydrogen) atoms. The summed E-state index contributed by atoms with van der Waals surface area (Å²) in [6.07, 6.45) is 3.24. The van der Waals surface area contributed by atoms with Gasteiger partial charge in [-0.2, -0.15) is 0 Å². The van der Waals surface area contributed by atoms with Crippen LogP contribution in [0.1, 0.15) is 35.2 Å². The molecule has 1 aliphatic rings. The predicted molar refractivity (Wildman–Crippen MR) is 106 cm³/mol. The molecule has 8 heteroatoms. The lowest BCUT2D eigenvalue weighted by molar-refractivity contribution is 0.0750. The van der Waals surface area contributed by atoms with Crippen molar-refractivity contribution in [2.45, 2.75) is 31.1 Å². The Kier molecular flexibility index (Phi) is 6.04. The molecule has 6 nitrogen and oxygen atoms in total. The highest BCUT2D eigenvalue weighted by atomic mass is 35.5. The first-order chi connectivity index (χ1) is 12.8. The smallest absolute Gasteiger partial charge is 0.265 e. The lowest BCUT2D eigenvalue weighted by atomic mass is 10.1. The Morgan fingerprint density at radius 3 is 2.52 bits per heavy atom. The Labute approximate surface area is 164 Å². The number of anilines is 1. The van der Waals surface area contributed by atoms with Gasteiger partial charge in [0.25, 0.3) is 15.9 Å². The van der Waals surface area contributed by atoms with Gasteiger partial charge in [0.2, 0.25) is 0 Å². The number of carbonyl (C=O) groups is 1. The maximum Gasteiger partial charge on any atom is 0.265 e. The molecule has 2 aromatic rings. The summed E-state index contributed by atoms with van der Waals surface area (Å²) >= 11 is 5.92. The van der Waals surface area contributed by atoms with Crippen molar-refractivity contribution in [2.24, 2.45) is 0 Å². The third-order valence-corrected chi connectivity index (χ3v) is 6.19. The highest BCUT2D eigenvalue weighted by Crippen LogP contribution is 2.23. The van der Waals surface area contributed by atoms with Crippen molar-refractivity contribution in [1.29, 1.82) is 0 Å². The zero-order valence-corrected chi connectivity index (χ0v) is 16.6. The van der Waals surface area contributed by atoms with Crippen LogP contribution in [-0.2, 0) is 10.0 Å². The van der Waals surface area contributed by atoms with Crippen molar-refractivity contribution in [2.75, 3.05) is 17.8 Å². The fraction of sp³-hybridized carbons (Fsp3) is 0.316. The molecule has 1 amide bonds. The molecule has 0 aromatic heterocycles. The number of hydrogen-bond donors (Lipinski definition) is 2. The van der Waals surface area contributed by atoms with Gasteiger partial charge in [-0.1, -0.05) is 30.2 Å². The van der Waals surface area contributed by atoms with Gasteiger partial charge in [0.05, 0.1) is 10.6 Å². The van der Waals surface area contributed by atoms with E-state index in [9.17, 15) is 13.2 Å². The van der Waals surface area contributed by atoms with Gasteiger partial charge in [-0.25, -0.2) is 13.4 Å². The summed E-state index contributed by atoms with van der Waals surface area (Å²) in [6.45, 7) is 3.30. The standard InChI is InChI=1S/C19H22ClN3O3S/c1-14-8-9-15(19(24)21-23-10-3-2-4-11-23)12-18(14)27(25,26)22-17-7-5-6-16(20)13-17/h5-9,12-13,22H,2-4,10-11H2,1H3,(H,21,24). The fourth-order valence-corrected chi connectivity index (χ4v) is 4.52. The van der Waals surface area contributed by atoms with Gasteiger partial charge in [-0.3, -0.25) is 14.9 Å². The zero-order chi connectivity index (χ0) is 19.4. The van der Waals surface area contributed by atoms with Crippen molar-refractivity contribution >= 4 is 33.2 Å². The number of nitrogens with one attached hydrogen (secondary N) is 2. The summed E-state index contributed by atoms with van der Waals surface area (Å²) in [5, 5.41) is 2.31. The summed E-state index contributed by atoms with van der Waals surface area (Å²) in [7, 11) is -3.85. The minimum atomic E-state index is -3.85. The minimum absolute atomic E-state index is 0.0637. The molecule has 1 saturated heterocycles. The van der Waals surface area contributed by atoms with Crippen LogP contribution >= 0.6 is 11.6 Å². The molecule has 0 spiro atoms. The number of sulfonamides is 1. The number of hydrogen-bond acceptors (Lipinski definition) is 4. The molecule has 1 heterocycles. The number of halogens is 1. The molecular weight excluding hydrogens is 386 g/mol. The maximum atomic E-state index is 12.8. The average molecular weight is 408 g/mol. The number of nitrogens with zero attached hydrogens (tertiary/aromatic N) is 1. The van der Waals surface area contributed by atoms with Crippen LogP contribution in [0.15, 0.2) is 47.4 Å². The molecule has 1 aliphatic heterocycles. The van der Waals surface area contributed by atoms with E-state index in [0.717, 1.165) is 32.4 Å². The Morgan fingerprint density at radius 2 is 1.81 bits per heavy atom. The van der Waals surface area contributed by atoms with Crippen LogP contribution in [0, 0.1) is 6.92 Å². The predicted octanol–water partition coefficient (Wildman–Crippen LogP) is 3.58. The molecule has 2 N–H and O–H groups in total. The number of piperidine rings is 1. The highest BCUT2D eigenvalue weighted by molar-refractivity contribution is 7.92. The topological polar surface area (TPSA) is 78.5 Å². The van der Waals surface area contributed by atoms with Gasteiger partial charge in [0.15, 0.2) is 0 Å².